The van der Waals surface area contributed by atoms with Crippen LogP contribution in [0.2, 0.25) is 0 Å². The number of carbonyl (C=O) groups excluding carboxylic acids is 2. The molecular formula is C27H40FN5O7. The molecule has 1 aliphatic rings. The number of unbranched alkanes of at least 4 members (excludes halogenated alkanes) is 1. The summed E-state index contributed by atoms with van der Waals surface area (Å²) in [6.07, 6.45) is 4.73. The van der Waals surface area contributed by atoms with Crippen molar-refractivity contribution in [1.82, 2.24) is 19.5 Å². The molecule has 13 heteroatoms. The highest BCUT2D eigenvalue weighted by atomic mass is 19.1. The minimum absolute atomic E-state index is 0.109. The largest absolute Gasteiger partial charge is 0.508 e. The molecule has 40 heavy (non-hydrogen) atoms. The van der Waals surface area contributed by atoms with Crippen molar-refractivity contribution in [3.63, 3.8) is 0 Å². The van der Waals surface area contributed by atoms with Crippen LogP contribution in [0.25, 0.3) is 11.2 Å². The second kappa shape index (κ2) is 13.7. The van der Waals surface area contributed by atoms with Crippen molar-refractivity contribution in [2.75, 3.05) is 25.6 Å². The number of nitrogens with two attached hydrogens (primary N) is 1. The Labute approximate surface area is 233 Å². The lowest BCUT2D eigenvalue weighted by molar-refractivity contribution is -0.127. The third kappa shape index (κ3) is 7.38. The van der Waals surface area contributed by atoms with Gasteiger partial charge in [0, 0.05) is 6.42 Å². The topological polar surface area (TPSA) is 150 Å². The fourth-order valence-electron chi connectivity index (χ4n) is 5.03. The number of halogens is 1. The molecule has 1 fully saturated rings. The van der Waals surface area contributed by atoms with E-state index in [0.717, 1.165) is 32.1 Å². The van der Waals surface area contributed by atoms with E-state index in [4.69, 9.17) is 29.4 Å². The molecule has 0 unspecified atom stereocenters. The van der Waals surface area contributed by atoms with Crippen LogP contribution in [0.5, 0.6) is 0 Å². The maximum absolute atomic E-state index is 13.9. The zero-order chi connectivity index (χ0) is 29.3. The molecule has 0 saturated carbocycles. The van der Waals surface area contributed by atoms with Crippen molar-refractivity contribution < 1.29 is 37.7 Å². The minimum Gasteiger partial charge on any atom is -0.435 e. The first-order chi connectivity index (χ1) is 19.1. The Morgan fingerprint density at radius 1 is 1.23 bits per heavy atom. The normalized spacial score (nSPS) is 20.8. The molecule has 1 saturated heterocycles. The van der Waals surface area contributed by atoms with Gasteiger partial charge in [-0.25, -0.2) is 14.6 Å². The van der Waals surface area contributed by atoms with Crippen LogP contribution in [0.3, 0.4) is 0 Å². The molecule has 0 bridgehead atoms. The quantitative estimate of drug-likeness (QED) is 0.134. The van der Waals surface area contributed by atoms with Gasteiger partial charge in [-0.05, 0) is 44.9 Å². The number of nitrogens with zero attached hydrogens (tertiary/aromatic N) is 4. The van der Waals surface area contributed by atoms with Gasteiger partial charge in [0.05, 0.1) is 19.5 Å². The summed E-state index contributed by atoms with van der Waals surface area (Å²) in [5.41, 5.74) is 5.02. The number of imidazole rings is 1. The van der Waals surface area contributed by atoms with Gasteiger partial charge in [0.2, 0.25) is 0 Å². The standard InChI is InChI=1S/C27H40FN5O7/c1-6-12-27(7-2,8-3)13-10-11-14-37-24(34)38-16-26(5)18(39-25(35)36-9-4)15-19(40-26)33-17-30-20-21(29)31-23(28)32-22(20)33/h6,17-19H,1,7-16H2,2-5H3,(H2,29,31,32)/t18-,19+,26+/m0/s1. The molecule has 3 rings (SSSR count). The number of carbonyl (C=O) groups is 2. The van der Waals surface area contributed by atoms with E-state index < -0.39 is 36.3 Å². The maximum atomic E-state index is 13.9. The lowest BCUT2D eigenvalue weighted by Crippen LogP contribution is -2.44. The van der Waals surface area contributed by atoms with Gasteiger partial charge < -0.3 is 29.4 Å². The first-order valence-corrected chi connectivity index (χ1v) is 13.7. The second-order valence-electron chi connectivity index (χ2n) is 10.2. The van der Waals surface area contributed by atoms with Crippen molar-refractivity contribution >= 4 is 29.3 Å². The number of fused-ring (bicyclic) bond motifs is 1. The number of ether oxygens (including phenoxy) is 5. The van der Waals surface area contributed by atoms with Crippen LogP contribution in [0.15, 0.2) is 19.0 Å². The Kier molecular flexibility index (Phi) is 10.7. The molecule has 3 heterocycles. The number of rotatable bonds is 14. The molecule has 0 amide bonds. The molecule has 1 aliphatic heterocycles. The summed E-state index contributed by atoms with van der Waals surface area (Å²) in [5, 5.41) is 0. The van der Waals surface area contributed by atoms with Crippen LogP contribution in [0.1, 0.15) is 78.9 Å². The van der Waals surface area contributed by atoms with E-state index in [1.807, 2.05) is 6.08 Å². The average molecular weight is 566 g/mol. The van der Waals surface area contributed by atoms with Crippen molar-refractivity contribution in [3.8, 4) is 0 Å². The SMILES string of the molecule is C=CCC(CC)(CC)CCCCOC(=O)OC[C@@]1(C)O[C@@H](n2cnc3c(N)nc(F)nc32)C[C@@H]1OC(=O)OCC. The highest BCUT2D eigenvalue weighted by molar-refractivity contribution is 5.81. The summed E-state index contributed by atoms with van der Waals surface area (Å²) in [7, 11) is 0. The third-order valence-corrected chi connectivity index (χ3v) is 7.61. The molecule has 2 aromatic heterocycles. The highest BCUT2D eigenvalue weighted by Crippen LogP contribution is 2.40. The third-order valence-electron chi connectivity index (χ3n) is 7.61. The van der Waals surface area contributed by atoms with Crippen LogP contribution >= 0.6 is 0 Å². The number of hydrogen-bond donors (Lipinski definition) is 1. The van der Waals surface area contributed by atoms with Crippen molar-refractivity contribution in [2.24, 2.45) is 5.41 Å². The van der Waals surface area contributed by atoms with Crippen LogP contribution < -0.4 is 5.73 Å². The predicted octanol–water partition coefficient (Wildman–Crippen LogP) is 5.47. The molecule has 0 aliphatic carbocycles. The zero-order valence-electron chi connectivity index (χ0n) is 23.7. The van der Waals surface area contributed by atoms with Crippen LogP contribution in [0.4, 0.5) is 19.8 Å². The molecular weight excluding hydrogens is 525 g/mol. The van der Waals surface area contributed by atoms with Gasteiger partial charge in [-0.2, -0.15) is 14.4 Å². The van der Waals surface area contributed by atoms with Gasteiger partial charge in [-0.1, -0.05) is 32.8 Å². The van der Waals surface area contributed by atoms with Crippen LogP contribution in [-0.4, -0.2) is 63.4 Å². The van der Waals surface area contributed by atoms with Gasteiger partial charge in [-0.3, -0.25) is 4.57 Å². The van der Waals surface area contributed by atoms with E-state index in [2.05, 4.69) is 35.4 Å². The summed E-state index contributed by atoms with van der Waals surface area (Å²) in [5.74, 6) is -0.122. The van der Waals surface area contributed by atoms with E-state index in [-0.39, 0.29) is 48.6 Å². The molecule has 2 aromatic rings. The average Bonchev–Trinajstić information content (AvgIpc) is 3.48. The number of aromatic nitrogens is 4. The van der Waals surface area contributed by atoms with Gasteiger partial charge in [0.1, 0.15) is 24.5 Å². The van der Waals surface area contributed by atoms with Gasteiger partial charge in [-0.15, -0.1) is 6.58 Å². The molecule has 222 valence electrons. The van der Waals surface area contributed by atoms with Gasteiger partial charge in [0.25, 0.3) is 0 Å². The van der Waals surface area contributed by atoms with Crippen LogP contribution in [0, 0.1) is 11.5 Å². The van der Waals surface area contributed by atoms with E-state index >= 15 is 0 Å². The summed E-state index contributed by atoms with van der Waals surface area (Å²) in [6.45, 7) is 11.6. The first-order valence-electron chi connectivity index (χ1n) is 13.7. The van der Waals surface area contributed by atoms with Crippen molar-refractivity contribution in [2.45, 2.75) is 90.6 Å². The number of nitrogen functional groups attached to an aromatic ring is 1. The highest BCUT2D eigenvalue weighted by Gasteiger charge is 2.50. The molecule has 0 radical (unpaired) electrons. The Morgan fingerprint density at radius 2 is 1.98 bits per heavy atom. The Balaban J connectivity index is 1.61. The zero-order valence-corrected chi connectivity index (χ0v) is 23.7. The minimum atomic E-state index is -1.28. The number of allylic oxidation sites excluding steroid dienone is 1. The monoisotopic (exact) mass is 565 g/mol. The first kappa shape index (κ1) is 31.1. The van der Waals surface area contributed by atoms with E-state index in [0.29, 0.717) is 6.42 Å². The fourth-order valence-corrected chi connectivity index (χ4v) is 5.03. The number of anilines is 1. The lowest BCUT2D eigenvalue weighted by atomic mass is 9.75. The van der Waals surface area contributed by atoms with Crippen LogP contribution in [-0.2, 0) is 23.7 Å². The Morgan fingerprint density at radius 3 is 2.65 bits per heavy atom. The summed E-state index contributed by atoms with van der Waals surface area (Å²) < 4.78 is 42.5. The molecule has 0 aromatic carbocycles. The Bertz CT molecular complexity index is 1170. The molecule has 12 nitrogen and oxygen atoms in total. The molecule has 0 spiro atoms. The lowest BCUT2D eigenvalue weighted by Gasteiger charge is -2.30. The smallest absolute Gasteiger partial charge is 0.435 e. The molecule has 3 atom stereocenters. The number of hydrogen-bond acceptors (Lipinski definition) is 11. The second-order valence-corrected chi connectivity index (χ2v) is 10.2. The van der Waals surface area contributed by atoms with Crippen molar-refractivity contribution in [1.29, 1.82) is 0 Å². The summed E-state index contributed by atoms with van der Waals surface area (Å²) in [4.78, 5) is 35.9. The summed E-state index contributed by atoms with van der Waals surface area (Å²) >= 11 is 0. The van der Waals surface area contributed by atoms with E-state index in [1.165, 1.54) is 10.9 Å². The van der Waals surface area contributed by atoms with Gasteiger partial charge in [0.15, 0.2) is 17.0 Å². The van der Waals surface area contributed by atoms with Crippen molar-refractivity contribution in [3.05, 3.63) is 25.1 Å². The van der Waals surface area contributed by atoms with E-state index in [9.17, 15) is 14.0 Å². The van der Waals surface area contributed by atoms with E-state index in [1.54, 1.807) is 13.8 Å². The predicted molar refractivity (Wildman–Crippen MR) is 144 cm³/mol. The van der Waals surface area contributed by atoms with Gasteiger partial charge >= 0.3 is 18.4 Å². The molecule has 2 N–H and O–H groups in total. The fraction of sp³-hybridized carbons (Fsp3) is 0.667. The summed E-state index contributed by atoms with van der Waals surface area (Å²) in [6, 6.07) is 0. The Hall–Kier alpha value is -3.48. The maximum Gasteiger partial charge on any atom is 0.508 e.